The topological polar surface area (TPSA) is 121 Å². The van der Waals surface area contributed by atoms with Crippen molar-refractivity contribution >= 4 is 5.69 Å². The lowest BCUT2D eigenvalue weighted by Gasteiger charge is -2.24. The molecule has 0 saturated heterocycles. The second-order valence-electron chi connectivity index (χ2n) is 9.39. The summed E-state index contributed by atoms with van der Waals surface area (Å²) < 4.78 is 6.36. The highest BCUT2D eigenvalue weighted by atomic mass is 16.8. The minimum atomic E-state index is -1.09. The second kappa shape index (κ2) is 9.82. The minimum Gasteiger partial charge on any atom is -0.872 e. The average Bonchev–Trinajstić information content (AvgIpc) is 3.28. The van der Waals surface area contributed by atoms with Gasteiger partial charge in [-0.3, -0.25) is 29.4 Å². The number of rotatable bonds is 6. The fourth-order valence-corrected chi connectivity index (χ4v) is 5.18. The molecule has 200 valence electrons. The van der Waals surface area contributed by atoms with Gasteiger partial charge in [0.15, 0.2) is 0 Å². The second-order valence-corrected chi connectivity index (χ2v) is 9.39. The standard InChI is InChI=1S/C29H29N5O5/c1-18-25(28(36)32(30(18)3)20-11-7-5-8-12-20)27(23-17-22(34(38)39)15-16-24(23)35)26-19(2)31(4)33(29(26)37)21-13-9-6-10-14-21/h5-17,27,35,38-39H,1-4H3/p-1. The van der Waals surface area contributed by atoms with Crippen LogP contribution in [0.1, 0.15) is 34.0 Å². The predicted molar refractivity (Wildman–Crippen MR) is 144 cm³/mol. The smallest absolute Gasteiger partial charge is 0.275 e. The molecule has 39 heavy (non-hydrogen) atoms. The first kappa shape index (κ1) is 25.8. The van der Waals surface area contributed by atoms with Crippen LogP contribution in [0, 0.1) is 13.8 Å². The molecule has 0 saturated carbocycles. The molecule has 2 heterocycles. The quantitative estimate of drug-likeness (QED) is 0.328. The highest BCUT2D eigenvalue weighted by molar-refractivity contribution is 5.57. The van der Waals surface area contributed by atoms with Gasteiger partial charge in [0.2, 0.25) is 0 Å². The fraction of sp³-hybridized carbons (Fsp3) is 0.172. The van der Waals surface area contributed by atoms with Gasteiger partial charge in [-0.2, -0.15) is 0 Å². The van der Waals surface area contributed by atoms with Crippen LogP contribution < -0.4 is 21.5 Å². The van der Waals surface area contributed by atoms with Crippen LogP contribution in [0.4, 0.5) is 5.69 Å². The zero-order valence-corrected chi connectivity index (χ0v) is 21.9. The lowest BCUT2D eigenvalue weighted by atomic mass is 9.84. The van der Waals surface area contributed by atoms with Crippen molar-refractivity contribution in [1.82, 2.24) is 18.7 Å². The largest absolute Gasteiger partial charge is 0.872 e. The Balaban J connectivity index is 1.89. The van der Waals surface area contributed by atoms with E-state index in [1.807, 2.05) is 36.4 Å². The summed E-state index contributed by atoms with van der Waals surface area (Å²) in [5, 5.41) is 32.7. The number of hydrogen-bond donors (Lipinski definition) is 2. The van der Waals surface area contributed by atoms with Crippen molar-refractivity contribution < 1.29 is 15.5 Å². The van der Waals surface area contributed by atoms with Gasteiger partial charge in [-0.25, -0.2) is 9.36 Å². The Morgan fingerprint density at radius 1 is 0.718 bits per heavy atom. The first-order chi connectivity index (χ1) is 18.6. The zero-order valence-electron chi connectivity index (χ0n) is 21.9. The van der Waals surface area contributed by atoms with E-state index in [1.165, 1.54) is 27.6 Å². The molecule has 10 nitrogen and oxygen atoms in total. The molecule has 0 aliphatic heterocycles. The highest BCUT2D eigenvalue weighted by Gasteiger charge is 2.33. The molecule has 0 fully saturated rings. The van der Waals surface area contributed by atoms with Crippen LogP contribution in [-0.2, 0) is 14.1 Å². The molecule has 2 aromatic heterocycles. The van der Waals surface area contributed by atoms with Gasteiger partial charge >= 0.3 is 0 Å². The zero-order chi connectivity index (χ0) is 28.0. The van der Waals surface area contributed by atoms with E-state index < -0.39 is 22.8 Å². The van der Waals surface area contributed by atoms with E-state index in [2.05, 4.69) is 0 Å². The van der Waals surface area contributed by atoms with E-state index in [-0.39, 0.29) is 27.6 Å². The minimum absolute atomic E-state index is 0.0672. The van der Waals surface area contributed by atoms with E-state index in [1.54, 1.807) is 61.6 Å². The summed E-state index contributed by atoms with van der Waals surface area (Å²) in [4.78, 5) is 28.3. The Labute approximate surface area is 223 Å². The molecule has 0 bridgehead atoms. The molecule has 5 aromatic rings. The third-order valence-electron chi connectivity index (χ3n) is 7.31. The lowest BCUT2D eigenvalue weighted by Crippen LogP contribution is -2.27. The molecule has 0 unspecified atom stereocenters. The van der Waals surface area contributed by atoms with Gasteiger partial charge in [-0.1, -0.05) is 42.5 Å². The molecule has 0 aliphatic carbocycles. The van der Waals surface area contributed by atoms with Crippen LogP contribution in [0.5, 0.6) is 5.75 Å². The lowest BCUT2D eigenvalue weighted by molar-refractivity contribution is -0.269. The van der Waals surface area contributed by atoms with Crippen molar-refractivity contribution in [3.05, 3.63) is 128 Å². The third kappa shape index (κ3) is 4.15. The van der Waals surface area contributed by atoms with Crippen molar-refractivity contribution in [3.63, 3.8) is 0 Å². The normalized spacial score (nSPS) is 11.4. The number of nitrogens with zero attached hydrogens (tertiary/aromatic N) is 5. The Bertz CT molecular complexity index is 1680. The van der Waals surface area contributed by atoms with E-state index in [0.717, 1.165) is 0 Å². The van der Waals surface area contributed by atoms with E-state index in [9.17, 15) is 25.1 Å². The van der Waals surface area contributed by atoms with Gasteiger partial charge in [-0.15, -0.1) is 11.0 Å². The number of hydrogen-bond acceptors (Lipinski definition) is 6. The summed E-state index contributed by atoms with van der Waals surface area (Å²) in [6.07, 6.45) is 0. The van der Waals surface area contributed by atoms with E-state index in [4.69, 9.17) is 0 Å². The van der Waals surface area contributed by atoms with Gasteiger partial charge < -0.3 is 5.11 Å². The summed E-state index contributed by atoms with van der Waals surface area (Å²) in [6.45, 7) is 3.52. The molecule has 0 aliphatic rings. The number of benzene rings is 3. The molecule has 0 amide bonds. The summed E-state index contributed by atoms with van der Waals surface area (Å²) in [7, 11) is 3.48. The summed E-state index contributed by atoms with van der Waals surface area (Å²) in [6, 6.07) is 21.9. The maximum absolute atomic E-state index is 14.1. The molecule has 2 N–H and O–H groups in total. The molecule has 10 heteroatoms. The van der Waals surface area contributed by atoms with Gasteiger partial charge in [-0.05, 0) is 55.8 Å². The molecule has 0 spiro atoms. The SMILES string of the molecule is Cc1c(C(c2cc(N(O)O)ccc2[O-])c2c(C)n(C)n(-c3ccccc3)c2=O)c(=O)n(-c2ccccc2)n1C. The Morgan fingerprint density at radius 2 is 1.15 bits per heavy atom. The third-order valence-corrected chi connectivity index (χ3v) is 7.31. The van der Waals surface area contributed by atoms with Crippen LogP contribution in [0.25, 0.3) is 11.4 Å². The van der Waals surface area contributed by atoms with Crippen LogP contribution >= 0.6 is 0 Å². The van der Waals surface area contributed by atoms with Crippen molar-refractivity contribution in [1.29, 1.82) is 0 Å². The first-order valence-electron chi connectivity index (χ1n) is 12.3. The van der Waals surface area contributed by atoms with Crippen molar-refractivity contribution in [2.45, 2.75) is 19.8 Å². The van der Waals surface area contributed by atoms with Crippen LogP contribution in [0.3, 0.4) is 0 Å². The van der Waals surface area contributed by atoms with Crippen LogP contribution in [0.2, 0.25) is 0 Å². The molecule has 3 aromatic carbocycles. The maximum atomic E-state index is 14.1. The Morgan fingerprint density at radius 3 is 1.56 bits per heavy atom. The van der Waals surface area contributed by atoms with Crippen molar-refractivity contribution in [2.24, 2.45) is 14.1 Å². The van der Waals surface area contributed by atoms with E-state index >= 15 is 0 Å². The summed E-state index contributed by atoms with van der Waals surface area (Å²) >= 11 is 0. The number of aromatic nitrogens is 4. The summed E-state index contributed by atoms with van der Waals surface area (Å²) in [5.74, 6) is -1.54. The van der Waals surface area contributed by atoms with Gasteiger partial charge in [0.05, 0.1) is 28.2 Å². The van der Waals surface area contributed by atoms with Crippen LogP contribution in [0.15, 0.2) is 88.5 Å². The van der Waals surface area contributed by atoms with Crippen molar-refractivity contribution in [3.8, 4) is 17.1 Å². The molecular weight excluding hydrogens is 498 g/mol. The average molecular weight is 527 g/mol. The van der Waals surface area contributed by atoms with Crippen LogP contribution in [-0.4, -0.2) is 29.1 Å². The number of anilines is 1. The summed E-state index contributed by atoms with van der Waals surface area (Å²) in [5.41, 5.74) is 2.03. The van der Waals surface area contributed by atoms with E-state index in [0.29, 0.717) is 22.8 Å². The first-order valence-corrected chi connectivity index (χ1v) is 12.3. The number of para-hydroxylation sites is 2. The predicted octanol–water partition coefficient (Wildman–Crippen LogP) is 3.12. The monoisotopic (exact) mass is 526 g/mol. The van der Waals surface area contributed by atoms with Gasteiger partial charge in [0, 0.05) is 31.4 Å². The highest BCUT2D eigenvalue weighted by Crippen LogP contribution is 2.38. The molecule has 0 radical (unpaired) electrons. The van der Waals surface area contributed by atoms with Gasteiger partial charge in [0.1, 0.15) is 0 Å². The molecular formula is C29H28N5O5-. The molecule has 0 atom stereocenters. The van der Waals surface area contributed by atoms with Gasteiger partial charge in [0.25, 0.3) is 11.1 Å². The van der Waals surface area contributed by atoms with Crippen molar-refractivity contribution in [2.75, 3.05) is 5.23 Å². The molecule has 5 rings (SSSR count). The fourth-order valence-electron chi connectivity index (χ4n) is 5.18. The maximum Gasteiger partial charge on any atom is 0.275 e. The Hall–Kier alpha value is -4.80. The Kier molecular flexibility index (Phi) is 6.51.